The van der Waals surface area contributed by atoms with Crippen LogP contribution in [0, 0.1) is 12.7 Å². The van der Waals surface area contributed by atoms with Gasteiger partial charge in [0.1, 0.15) is 5.82 Å². The van der Waals surface area contributed by atoms with Crippen molar-refractivity contribution in [2.45, 2.75) is 11.8 Å². The molecule has 0 radical (unpaired) electrons. The molecule has 0 unspecified atom stereocenters. The Morgan fingerprint density at radius 3 is 2.26 bits per heavy atom. The average Bonchev–Trinajstić information content (AvgIpc) is 2.68. The maximum atomic E-state index is 13.1. The summed E-state index contributed by atoms with van der Waals surface area (Å²) in [5, 5.41) is 2.53. The van der Waals surface area contributed by atoms with Crippen LogP contribution in [0.1, 0.15) is 15.9 Å². The summed E-state index contributed by atoms with van der Waals surface area (Å²) in [7, 11) is -2.18. The number of nitrogens with one attached hydrogen (secondary N) is 1. The number of carbonyl (C=O) groups is 1. The number of benzene rings is 2. The first-order valence-corrected chi connectivity index (χ1v) is 10.1. The van der Waals surface area contributed by atoms with E-state index in [1.54, 1.807) is 25.1 Å². The summed E-state index contributed by atoms with van der Waals surface area (Å²) in [6.07, 6.45) is 0. The van der Waals surface area contributed by atoms with E-state index in [1.165, 1.54) is 35.6 Å². The van der Waals surface area contributed by atoms with E-state index in [1.807, 2.05) is 4.90 Å². The molecule has 1 saturated heterocycles. The Bertz CT molecular complexity index is 937. The van der Waals surface area contributed by atoms with E-state index in [4.69, 9.17) is 0 Å². The summed E-state index contributed by atoms with van der Waals surface area (Å²) in [6.45, 7) is 3.44. The van der Waals surface area contributed by atoms with Crippen molar-refractivity contribution in [3.8, 4) is 0 Å². The molecule has 27 heavy (non-hydrogen) atoms. The topological polar surface area (TPSA) is 69.7 Å². The molecule has 1 heterocycles. The van der Waals surface area contributed by atoms with Crippen molar-refractivity contribution >= 4 is 21.6 Å². The minimum absolute atomic E-state index is 0.113. The number of carbonyl (C=O) groups excluding carboxylic acids is 1. The predicted molar refractivity (Wildman–Crippen MR) is 102 cm³/mol. The number of aryl methyl sites for hydroxylation is 1. The van der Waals surface area contributed by atoms with Gasteiger partial charge in [-0.2, -0.15) is 4.31 Å². The molecule has 1 aliphatic rings. The SMILES string of the molecule is CNC(=O)c1cc(S(=O)(=O)N2CCN(c3ccc(F)cc3)CC2)ccc1C. The van der Waals surface area contributed by atoms with Crippen molar-refractivity contribution < 1.29 is 17.6 Å². The third-order valence-corrected chi connectivity index (χ3v) is 6.64. The molecule has 6 nitrogen and oxygen atoms in total. The van der Waals surface area contributed by atoms with Crippen LogP contribution in [0.3, 0.4) is 0 Å². The molecule has 1 amide bonds. The average molecular weight is 391 g/mol. The van der Waals surface area contributed by atoms with Crippen LogP contribution in [0.15, 0.2) is 47.4 Å². The van der Waals surface area contributed by atoms with E-state index in [2.05, 4.69) is 5.32 Å². The fourth-order valence-electron chi connectivity index (χ4n) is 3.13. The first-order valence-electron chi connectivity index (χ1n) is 8.66. The molecule has 2 aromatic rings. The number of rotatable bonds is 4. The van der Waals surface area contributed by atoms with Gasteiger partial charge in [0.2, 0.25) is 10.0 Å². The summed E-state index contributed by atoms with van der Waals surface area (Å²) in [5.74, 6) is -0.614. The molecule has 1 N–H and O–H groups in total. The smallest absolute Gasteiger partial charge is 0.251 e. The second kappa shape index (κ2) is 7.66. The minimum atomic E-state index is -3.69. The molecule has 0 atom stereocenters. The molecule has 8 heteroatoms. The maximum Gasteiger partial charge on any atom is 0.251 e. The molecule has 2 aromatic carbocycles. The van der Waals surface area contributed by atoms with Crippen LogP contribution < -0.4 is 10.2 Å². The number of amides is 1. The lowest BCUT2D eigenvalue weighted by Crippen LogP contribution is -2.48. The summed E-state index contributed by atoms with van der Waals surface area (Å²) in [5.41, 5.74) is 1.93. The van der Waals surface area contributed by atoms with Crippen molar-refractivity contribution in [2.24, 2.45) is 0 Å². The third kappa shape index (κ3) is 3.96. The van der Waals surface area contributed by atoms with Crippen LogP contribution >= 0.6 is 0 Å². The van der Waals surface area contributed by atoms with Crippen LogP contribution in [-0.4, -0.2) is 51.9 Å². The van der Waals surface area contributed by atoms with Gasteiger partial charge in [0.25, 0.3) is 5.91 Å². The lowest BCUT2D eigenvalue weighted by atomic mass is 10.1. The highest BCUT2D eigenvalue weighted by Gasteiger charge is 2.29. The van der Waals surface area contributed by atoms with Crippen molar-refractivity contribution in [2.75, 3.05) is 38.1 Å². The zero-order valence-corrected chi connectivity index (χ0v) is 16.1. The highest BCUT2D eigenvalue weighted by atomic mass is 32.2. The van der Waals surface area contributed by atoms with Gasteiger partial charge < -0.3 is 10.2 Å². The van der Waals surface area contributed by atoms with Gasteiger partial charge in [-0.15, -0.1) is 0 Å². The van der Waals surface area contributed by atoms with E-state index < -0.39 is 10.0 Å². The Morgan fingerprint density at radius 2 is 1.67 bits per heavy atom. The van der Waals surface area contributed by atoms with Crippen LogP contribution in [0.5, 0.6) is 0 Å². The van der Waals surface area contributed by atoms with Gasteiger partial charge >= 0.3 is 0 Å². The fraction of sp³-hybridized carbons (Fsp3) is 0.316. The summed E-state index contributed by atoms with van der Waals surface area (Å²) >= 11 is 0. The predicted octanol–water partition coefficient (Wildman–Crippen LogP) is 2.00. The number of anilines is 1. The van der Waals surface area contributed by atoms with Crippen LogP contribution in [0.2, 0.25) is 0 Å². The Balaban J connectivity index is 1.77. The van der Waals surface area contributed by atoms with Crippen LogP contribution in [0.25, 0.3) is 0 Å². The molecule has 0 bridgehead atoms. The highest BCUT2D eigenvalue weighted by molar-refractivity contribution is 7.89. The van der Waals surface area contributed by atoms with E-state index in [-0.39, 0.29) is 16.6 Å². The third-order valence-electron chi connectivity index (χ3n) is 4.75. The normalized spacial score (nSPS) is 15.6. The number of halogens is 1. The van der Waals surface area contributed by atoms with Gasteiger partial charge in [-0.05, 0) is 48.9 Å². The highest BCUT2D eigenvalue weighted by Crippen LogP contribution is 2.23. The molecule has 144 valence electrons. The lowest BCUT2D eigenvalue weighted by Gasteiger charge is -2.35. The van der Waals surface area contributed by atoms with Crippen LogP contribution in [-0.2, 0) is 10.0 Å². The maximum absolute atomic E-state index is 13.1. The number of sulfonamides is 1. The molecule has 0 spiro atoms. The fourth-order valence-corrected chi connectivity index (χ4v) is 4.58. The summed E-state index contributed by atoms with van der Waals surface area (Å²) in [6, 6.07) is 10.8. The van der Waals surface area contributed by atoms with E-state index in [0.29, 0.717) is 31.7 Å². The van der Waals surface area contributed by atoms with Gasteiger partial charge in [0.15, 0.2) is 0 Å². The Hall–Kier alpha value is -2.45. The van der Waals surface area contributed by atoms with Crippen molar-refractivity contribution in [1.29, 1.82) is 0 Å². The van der Waals surface area contributed by atoms with Gasteiger partial charge in [-0.1, -0.05) is 6.07 Å². The number of piperazine rings is 1. The molecule has 0 aromatic heterocycles. The minimum Gasteiger partial charge on any atom is -0.369 e. The van der Waals surface area contributed by atoms with Gasteiger partial charge in [-0.3, -0.25) is 4.79 Å². The molecule has 1 aliphatic heterocycles. The van der Waals surface area contributed by atoms with E-state index >= 15 is 0 Å². The van der Waals surface area contributed by atoms with E-state index in [0.717, 1.165) is 11.3 Å². The Morgan fingerprint density at radius 1 is 1.04 bits per heavy atom. The van der Waals surface area contributed by atoms with Crippen molar-refractivity contribution in [3.63, 3.8) is 0 Å². The molecular formula is C19H22FN3O3S. The molecule has 1 fully saturated rings. The number of nitrogens with zero attached hydrogens (tertiary/aromatic N) is 2. The standard InChI is InChI=1S/C19H22FN3O3S/c1-14-3-8-17(13-18(14)19(24)21-2)27(25,26)23-11-9-22(10-12-23)16-6-4-15(20)5-7-16/h3-8,13H,9-12H2,1-2H3,(H,21,24). The Labute approximate surface area is 158 Å². The van der Waals surface area contributed by atoms with Crippen molar-refractivity contribution in [1.82, 2.24) is 9.62 Å². The molecule has 0 aliphatic carbocycles. The zero-order chi connectivity index (χ0) is 19.6. The first kappa shape index (κ1) is 19.3. The molecule has 3 rings (SSSR count). The van der Waals surface area contributed by atoms with Crippen molar-refractivity contribution in [3.05, 3.63) is 59.4 Å². The zero-order valence-electron chi connectivity index (χ0n) is 15.3. The second-order valence-electron chi connectivity index (χ2n) is 6.42. The second-order valence-corrected chi connectivity index (χ2v) is 8.36. The Kier molecular flexibility index (Phi) is 5.48. The number of hydrogen-bond acceptors (Lipinski definition) is 4. The van der Waals surface area contributed by atoms with Crippen LogP contribution in [0.4, 0.5) is 10.1 Å². The first-order chi connectivity index (χ1) is 12.8. The molecule has 0 saturated carbocycles. The quantitative estimate of drug-likeness (QED) is 0.866. The number of hydrogen-bond donors (Lipinski definition) is 1. The monoisotopic (exact) mass is 391 g/mol. The lowest BCUT2D eigenvalue weighted by molar-refractivity contribution is 0.0962. The summed E-state index contributed by atoms with van der Waals surface area (Å²) in [4.78, 5) is 14.1. The van der Waals surface area contributed by atoms with Gasteiger partial charge in [0, 0.05) is 44.5 Å². The largest absolute Gasteiger partial charge is 0.369 e. The summed E-state index contributed by atoms with van der Waals surface area (Å²) < 4.78 is 40.4. The van der Waals surface area contributed by atoms with E-state index in [9.17, 15) is 17.6 Å². The molecular weight excluding hydrogens is 369 g/mol. The van der Waals surface area contributed by atoms with Gasteiger partial charge in [0.05, 0.1) is 4.90 Å². The van der Waals surface area contributed by atoms with Gasteiger partial charge in [-0.25, -0.2) is 12.8 Å².